The number of amides is 1. The zero-order valence-electron chi connectivity index (χ0n) is 13.7. The van der Waals surface area contributed by atoms with Crippen molar-refractivity contribution in [2.24, 2.45) is 13.0 Å². The minimum absolute atomic E-state index is 0.0401. The Bertz CT molecular complexity index is 676. The number of benzene rings is 1. The van der Waals surface area contributed by atoms with Gasteiger partial charge in [-0.25, -0.2) is 4.98 Å². The van der Waals surface area contributed by atoms with Crippen molar-refractivity contribution in [3.05, 3.63) is 48.0 Å². The highest BCUT2D eigenvalue weighted by Gasteiger charge is 2.36. The maximum absolute atomic E-state index is 12.7. The predicted octanol–water partition coefficient (Wildman–Crippen LogP) is 3.09. The lowest BCUT2D eigenvalue weighted by Crippen LogP contribution is -2.32. The van der Waals surface area contributed by atoms with Crippen LogP contribution in [0.25, 0.3) is 0 Å². The van der Waals surface area contributed by atoms with Crippen LogP contribution >= 0.6 is 0 Å². The predicted molar refractivity (Wildman–Crippen MR) is 88.4 cm³/mol. The fourth-order valence-corrected chi connectivity index (χ4v) is 2.71. The molecule has 0 spiro atoms. The molecule has 1 saturated carbocycles. The Morgan fingerprint density at radius 1 is 1.43 bits per heavy atom. The van der Waals surface area contributed by atoms with E-state index < -0.39 is 0 Å². The molecule has 0 bridgehead atoms. The Hall–Kier alpha value is -2.30. The van der Waals surface area contributed by atoms with E-state index in [0.717, 1.165) is 25.1 Å². The second-order valence-electron chi connectivity index (χ2n) is 6.03. The van der Waals surface area contributed by atoms with Gasteiger partial charge in [0.05, 0.1) is 18.2 Å². The number of aryl methyl sites for hydroxylation is 1. The van der Waals surface area contributed by atoms with Gasteiger partial charge in [-0.2, -0.15) is 0 Å². The van der Waals surface area contributed by atoms with Crippen LogP contribution in [0.4, 0.5) is 0 Å². The van der Waals surface area contributed by atoms with Crippen molar-refractivity contribution >= 4 is 5.91 Å². The molecule has 1 aliphatic carbocycles. The molecule has 5 heteroatoms. The van der Waals surface area contributed by atoms with Crippen molar-refractivity contribution in [2.45, 2.75) is 32.2 Å². The van der Waals surface area contributed by atoms with Gasteiger partial charge >= 0.3 is 0 Å². The third-order valence-electron chi connectivity index (χ3n) is 4.11. The number of ether oxygens (including phenoxy) is 1. The van der Waals surface area contributed by atoms with Crippen molar-refractivity contribution in [1.29, 1.82) is 0 Å². The summed E-state index contributed by atoms with van der Waals surface area (Å²) in [5, 5.41) is 3.15. The maximum atomic E-state index is 12.7. The van der Waals surface area contributed by atoms with Gasteiger partial charge in [0.15, 0.2) is 0 Å². The Morgan fingerprint density at radius 2 is 2.22 bits per heavy atom. The van der Waals surface area contributed by atoms with Crippen LogP contribution in [0.3, 0.4) is 0 Å². The molecule has 0 aliphatic heterocycles. The van der Waals surface area contributed by atoms with Crippen LogP contribution < -0.4 is 10.1 Å². The van der Waals surface area contributed by atoms with Gasteiger partial charge in [0, 0.05) is 19.4 Å². The summed E-state index contributed by atoms with van der Waals surface area (Å²) in [7, 11) is 1.96. The SMILES string of the molecule is CCCOc1ccccc1C(=O)N[C@@H](c1nccn1C)C1CC1. The standard InChI is InChI=1S/C18H23N3O2/c1-3-12-23-15-7-5-4-6-14(15)18(22)20-16(13-8-9-13)17-19-10-11-21(17)2/h4-7,10-11,13,16H,3,8-9,12H2,1-2H3,(H,20,22)/t16-/m1/s1. The van der Waals surface area contributed by atoms with Gasteiger partial charge in [0.2, 0.25) is 0 Å². The van der Waals surface area contributed by atoms with E-state index >= 15 is 0 Å². The minimum Gasteiger partial charge on any atom is -0.493 e. The van der Waals surface area contributed by atoms with E-state index in [4.69, 9.17) is 4.74 Å². The van der Waals surface area contributed by atoms with Gasteiger partial charge in [-0.3, -0.25) is 4.79 Å². The van der Waals surface area contributed by atoms with Crippen molar-refractivity contribution in [3.8, 4) is 5.75 Å². The zero-order chi connectivity index (χ0) is 16.2. The summed E-state index contributed by atoms with van der Waals surface area (Å²) in [4.78, 5) is 17.2. The Kier molecular flexibility index (Phi) is 4.65. The summed E-state index contributed by atoms with van der Waals surface area (Å²) in [6.07, 6.45) is 6.86. The number of nitrogens with zero attached hydrogens (tertiary/aromatic N) is 2. The van der Waals surface area contributed by atoms with Gasteiger partial charge < -0.3 is 14.6 Å². The first-order valence-corrected chi connectivity index (χ1v) is 8.20. The van der Waals surface area contributed by atoms with Crippen LogP contribution in [0.5, 0.6) is 5.75 Å². The molecule has 5 nitrogen and oxygen atoms in total. The summed E-state index contributed by atoms with van der Waals surface area (Å²) < 4.78 is 7.67. The van der Waals surface area contributed by atoms with E-state index in [-0.39, 0.29) is 11.9 Å². The molecule has 1 N–H and O–H groups in total. The average molecular weight is 313 g/mol. The van der Waals surface area contributed by atoms with Crippen LogP contribution in [-0.2, 0) is 7.05 Å². The first-order chi connectivity index (χ1) is 11.2. The highest BCUT2D eigenvalue weighted by atomic mass is 16.5. The summed E-state index contributed by atoms with van der Waals surface area (Å²) in [5.41, 5.74) is 0.584. The molecule has 1 amide bonds. The number of nitrogens with one attached hydrogen (secondary N) is 1. The summed E-state index contributed by atoms with van der Waals surface area (Å²) in [6, 6.07) is 7.36. The van der Waals surface area contributed by atoms with Crippen LogP contribution in [0.2, 0.25) is 0 Å². The normalized spacial score (nSPS) is 15.2. The highest BCUT2D eigenvalue weighted by molar-refractivity contribution is 5.97. The molecular weight excluding hydrogens is 290 g/mol. The van der Waals surface area contributed by atoms with Gasteiger partial charge in [0.25, 0.3) is 5.91 Å². The van der Waals surface area contributed by atoms with Crippen LogP contribution in [0, 0.1) is 5.92 Å². The number of aromatic nitrogens is 2. The fourth-order valence-electron chi connectivity index (χ4n) is 2.71. The molecule has 0 unspecified atom stereocenters. The molecule has 1 heterocycles. The molecule has 1 atom stereocenters. The number of hydrogen-bond acceptors (Lipinski definition) is 3. The number of rotatable bonds is 7. The third-order valence-corrected chi connectivity index (χ3v) is 4.11. The van der Waals surface area contributed by atoms with E-state index in [0.29, 0.717) is 23.8 Å². The third kappa shape index (κ3) is 3.55. The van der Waals surface area contributed by atoms with Gasteiger partial charge in [-0.05, 0) is 37.3 Å². The van der Waals surface area contributed by atoms with Crippen molar-refractivity contribution in [3.63, 3.8) is 0 Å². The monoisotopic (exact) mass is 313 g/mol. The van der Waals surface area contributed by atoms with E-state index in [1.807, 2.05) is 49.0 Å². The van der Waals surface area contributed by atoms with Crippen molar-refractivity contribution in [2.75, 3.05) is 6.61 Å². The summed E-state index contributed by atoms with van der Waals surface area (Å²) in [6.45, 7) is 2.66. The number of hydrogen-bond donors (Lipinski definition) is 1. The molecule has 0 radical (unpaired) electrons. The smallest absolute Gasteiger partial charge is 0.255 e. The van der Waals surface area contributed by atoms with Gasteiger partial charge in [-0.1, -0.05) is 19.1 Å². The minimum atomic E-state index is -0.100. The molecule has 1 aromatic carbocycles. The lowest BCUT2D eigenvalue weighted by atomic mass is 10.1. The van der Waals surface area contributed by atoms with E-state index in [2.05, 4.69) is 10.3 Å². The Labute approximate surface area is 136 Å². The van der Waals surface area contributed by atoms with Crippen molar-refractivity contribution < 1.29 is 9.53 Å². The van der Waals surface area contributed by atoms with E-state index in [1.165, 1.54) is 0 Å². The molecular formula is C18H23N3O2. The maximum Gasteiger partial charge on any atom is 0.255 e. The molecule has 1 fully saturated rings. The molecule has 122 valence electrons. The number of para-hydroxylation sites is 1. The number of imidazole rings is 1. The molecule has 1 aliphatic rings. The Balaban J connectivity index is 1.79. The van der Waals surface area contributed by atoms with E-state index in [9.17, 15) is 4.79 Å². The van der Waals surface area contributed by atoms with Crippen LogP contribution in [0.1, 0.15) is 48.4 Å². The summed E-state index contributed by atoms with van der Waals surface area (Å²) in [5.74, 6) is 1.93. The number of carbonyl (C=O) groups excluding carboxylic acids is 1. The summed E-state index contributed by atoms with van der Waals surface area (Å²) >= 11 is 0. The topological polar surface area (TPSA) is 56.1 Å². The molecule has 1 aromatic heterocycles. The molecule has 23 heavy (non-hydrogen) atoms. The average Bonchev–Trinajstić information content (AvgIpc) is 3.32. The first-order valence-electron chi connectivity index (χ1n) is 8.20. The molecule has 0 saturated heterocycles. The second kappa shape index (κ2) is 6.86. The zero-order valence-corrected chi connectivity index (χ0v) is 13.7. The van der Waals surface area contributed by atoms with Crippen LogP contribution in [-0.4, -0.2) is 22.1 Å². The quantitative estimate of drug-likeness (QED) is 0.854. The van der Waals surface area contributed by atoms with E-state index in [1.54, 1.807) is 6.20 Å². The largest absolute Gasteiger partial charge is 0.493 e. The molecule has 2 aromatic rings. The number of carbonyl (C=O) groups is 1. The fraction of sp³-hybridized carbons (Fsp3) is 0.444. The van der Waals surface area contributed by atoms with Crippen molar-refractivity contribution in [1.82, 2.24) is 14.9 Å². The Morgan fingerprint density at radius 3 is 2.87 bits per heavy atom. The lowest BCUT2D eigenvalue weighted by molar-refractivity contribution is 0.0925. The van der Waals surface area contributed by atoms with Crippen LogP contribution in [0.15, 0.2) is 36.7 Å². The van der Waals surface area contributed by atoms with Gasteiger partial charge in [-0.15, -0.1) is 0 Å². The lowest BCUT2D eigenvalue weighted by Gasteiger charge is -2.19. The first kappa shape index (κ1) is 15.6. The van der Waals surface area contributed by atoms with Gasteiger partial charge in [0.1, 0.15) is 11.6 Å². The second-order valence-corrected chi connectivity index (χ2v) is 6.03. The highest BCUT2D eigenvalue weighted by Crippen LogP contribution is 2.40. The molecule has 3 rings (SSSR count).